The maximum absolute atomic E-state index is 12.9. The average Bonchev–Trinajstić information content (AvgIpc) is 3.59. The van der Waals surface area contributed by atoms with Gasteiger partial charge in [-0.2, -0.15) is 21.4 Å². The second-order valence-electron chi connectivity index (χ2n) is 17.6. The lowest BCUT2D eigenvalue weighted by molar-refractivity contribution is -0.437. The molecule has 0 spiro atoms. The zero-order chi connectivity index (χ0) is 45.6. The lowest BCUT2D eigenvalue weighted by atomic mass is 9.75. The Balaban J connectivity index is 1.38. The van der Waals surface area contributed by atoms with Gasteiger partial charge in [0.05, 0.1) is 21.6 Å². The molecule has 0 radical (unpaired) electrons. The Bertz CT molecular complexity index is 2690. The third kappa shape index (κ3) is 9.63. The quantitative estimate of drug-likeness (QED) is 0.0690. The number of rotatable bonds is 14. The number of anilines is 1. The van der Waals surface area contributed by atoms with Gasteiger partial charge in [0, 0.05) is 77.5 Å². The number of benzene rings is 2. The Kier molecular flexibility index (Phi) is 12.7. The zero-order valence-corrected chi connectivity index (χ0v) is 38.0. The highest BCUT2D eigenvalue weighted by Gasteiger charge is 2.48. The van der Waals surface area contributed by atoms with Crippen LogP contribution < -0.4 is 14.5 Å². The number of allylic oxidation sites excluding steroid dienone is 9. The largest absolute Gasteiger partial charge is 0.492 e. The van der Waals surface area contributed by atoms with Crippen molar-refractivity contribution >= 4 is 54.4 Å². The first-order valence-corrected chi connectivity index (χ1v) is 23.5. The molecule has 0 saturated carbocycles. The summed E-state index contributed by atoms with van der Waals surface area (Å²) >= 11 is 0. The van der Waals surface area contributed by atoms with E-state index in [-0.39, 0.29) is 48.1 Å². The van der Waals surface area contributed by atoms with Crippen LogP contribution in [-0.2, 0) is 30.4 Å². The molecule has 0 bridgehead atoms. The van der Waals surface area contributed by atoms with Crippen molar-refractivity contribution in [3.05, 3.63) is 107 Å². The topological polar surface area (TPSA) is 196 Å². The summed E-state index contributed by atoms with van der Waals surface area (Å²) < 4.78 is 76.8. The zero-order valence-electron chi connectivity index (χ0n) is 36.3. The molecule has 6 rings (SSSR count). The van der Waals surface area contributed by atoms with E-state index in [0.29, 0.717) is 21.7 Å². The van der Waals surface area contributed by atoms with Crippen LogP contribution in [0.2, 0.25) is 0 Å². The van der Waals surface area contributed by atoms with Gasteiger partial charge in [0.25, 0.3) is 20.2 Å². The summed E-state index contributed by atoms with van der Waals surface area (Å²) in [6.45, 7) is 17.8. The van der Waals surface area contributed by atoms with Gasteiger partial charge in [-0.05, 0) is 82.9 Å². The molecule has 0 fully saturated rings. The maximum Gasteiger partial charge on any atom is 0.333 e. The smallest absolute Gasteiger partial charge is 0.333 e. The van der Waals surface area contributed by atoms with Crippen LogP contribution in [-0.4, -0.2) is 81.5 Å². The summed E-state index contributed by atoms with van der Waals surface area (Å²) in [5.74, 6) is -0.635. The Morgan fingerprint density at radius 1 is 0.935 bits per heavy atom. The minimum atomic E-state index is -4.62. The van der Waals surface area contributed by atoms with Crippen molar-refractivity contribution in [1.82, 2.24) is 4.73 Å². The molecule has 1 aromatic heterocycles. The number of aromatic nitrogens is 1. The van der Waals surface area contributed by atoms with Crippen molar-refractivity contribution in [2.24, 2.45) is 5.41 Å². The van der Waals surface area contributed by atoms with E-state index < -0.39 is 49.1 Å². The third-order valence-electron chi connectivity index (χ3n) is 11.5. The fourth-order valence-electron chi connectivity index (χ4n) is 8.57. The Morgan fingerprint density at radius 3 is 2.26 bits per heavy atom. The van der Waals surface area contributed by atoms with Crippen molar-refractivity contribution < 1.29 is 55.1 Å². The predicted molar refractivity (Wildman–Crippen MR) is 239 cm³/mol. The van der Waals surface area contributed by atoms with Gasteiger partial charge < -0.3 is 24.7 Å². The predicted octanol–water partition coefficient (Wildman–Crippen LogP) is 8.15. The lowest BCUT2D eigenvalue weighted by Crippen LogP contribution is -2.45. The number of ether oxygens (including phenoxy) is 1. The Hall–Kier alpha value is -5.42. The molecular weight excluding hydrogens is 835 g/mol. The lowest BCUT2D eigenvalue weighted by Gasteiger charge is -2.43. The SMILES string of the molecule is CCN1c2cc3c(cc2C(C)=CC1(C)C)C(=CC=CC=CC1=[N+](CCCS(=O)(=O)O)c2ccc(S(=O)(=O)O)cc2C1(C)CCCC(=O)On1c(O)ccc1O)C=C(C(C)(C)C)O3. The standard InChI is InChI=1S/C46H55N3O11S2/c1-9-48-37-28-38-34(27-33(37)30(2)29-45(48,6)7)31(25-40(59-38)44(3,4)5)15-11-10-12-16-39-46(8,22-13-17-43(52)60-49-41(50)20-21-42(49)51)35-26-32(62(56,57)58)18-19-36(35)47(39)23-14-24-61(53,54)55/h10-12,15-16,18-21,25-29H,9,13-14,17,22-24H2,1-8H3,(H3-,50,51,53,54,55,56,57,58)/p+1. The number of carbonyl (C=O) groups is 1. The van der Waals surface area contributed by atoms with Gasteiger partial charge in [0.15, 0.2) is 5.71 Å². The Labute approximate surface area is 364 Å². The van der Waals surface area contributed by atoms with Gasteiger partial charge in [-0.25, -0.2) is 4.79 Å². The molecule has 0 amide bonds. The van der Waals surface area contributed by atoms with Crippen molar-refractivity contribution in [3.63, 3.8) is 0 Å². The van der Waals surface area contributed by atoms with E-state index in [4.69, 9.17) is 9.57 Å². The highest BCUT2D eigenvalue weighted by Crippen LogP contribution is 2.48. The van der Waals surface area contributed by atoms with Crippen molar-refractivity contribution in [2.75, 3.05) is 23.7 Å². The number of aromatic hydroxyl groups is 2. The molecular formula is C46H56N3O11S2+. The molecule has 3 aromatic rings. The number of carbonyl (C=O) groups excluding carboxylic acids is 1. The molecule has 14 nitrogen and oxygen atoms in total. The van der Waals surface area contributed by atoms with Crippen molar-refractivity contribution in [2.45, 2.75) is 96.9 Å². The third-order valence-corrected chi connectivity index (χ3v) is 13.2. The number of likely N-dealkylation sites (N-methyl/N-ethyl adjacent to an activating group) is 1. The average molecular weight is 891 g/mol. The van der Waals surface area contributed by atoms with Crippen molar-refractivity contribution in [1.29, 1.82) is 0 Å². The fraction of sp³-hybridized carbons (Fsp3) is 0.391. The van der Waals surface area contributed by atoms with Gasteiger partial charge in [0.1, 0.15) is 18.1 Å². The van der Waals surface area contributed by atoms with Crippen LogP contribution in [0.25, 0.3) is 11.1 Å². The summed E-state index contributed by atoms with van der Waals surface area (Å²) in [6.07, 6.45) is 14.1. The summed E-state index contributed by atoms with van der Waals surface area (Å²) in [7, 11) is -8.92. The van der Waals surface area contributed by atoms with Gasteiger partial charge in [0.2, 0.25) is 17.4 Å². The van der Waals surface area contributed by atoms with E-state index in [0.717, 1.165) is 52.6 Å². The monoisotopic (exact) mass is 890 g/mol. The number of nitrogens with zero attached hydrogens (tertiary/aromatic N) is 3. The molecule has 3 aliphatic heterocycles. The van der Waals surface area contributed by atoms with Gasteiger partial charge in [-0.15, -0.1) is 4.73 Å². The minimum absolute atomic E-state index is 0.0274. The van der Waals surface area contributed by atoms with Gasteiger partial charge in [-0.1, -0.05) is 51.2 Å². The van der Waals surface area contributed by atoms with Crippen LogP contribution in [0.3, 0.4) is 0 Å². The molecule has 2 aromatic carbocycles. The van der Waals surface area contributed by atoms with Crippen LogP contribution in [0.4, 0.5) is 11.4 Å². The van der Waals surface area contributed by atoms with Crippen LogP contribution in [0.1, 0.15) is 97.8 Å². The first-order valence-electron chi connectivity index (χ1n) is 20.5. The summed E-state index contributed by atoms with van der Waals surface area (Å²) in [5.41, 5.74) is 5.58. The first kappa shape index (κ1) is 46.1. The van der Waals surface area contributed by atoms with Gasteiger partial charge >= 0.3 is 5.97 Å². The van der Waals surface area contributed by atoms with Crippen LogP contribution >= 0.6 is 0 Å². The number of hydrogen-bond donors (Lipinski definition) is 4. The molecule has 1 unspecified atom stereocenters. The molecule has 0 saturated heterocycles. The minimum Gasteiger partial charge on any atom is -0.492 e. The molecule has 0 aliphatic carbocycles. The van der Waals surface area contributed by atoms with Crippen LogP contribution in [0.5, 0.6) is 17.5 Å². The Morgan fingerprint density at radius 2 is 1.63 bits per heavy atom. The summed E-state index contributed by atoms with van der Waals surface area (Å²) in [5, 5.41) is 19.9. The molecule has 3 aliphatic rings. The fourth-order valence-corrected chi connectivity index (χ4v) is 9.57. The van der Waals surface area contributed by atoms with E-state index >= 15 is 0 Å². The second-order valence-corrected chi connectivity index (χ2v) is 20.6. The summed E-state index contributed by atoms with van der Waals surface area (Å²) in [6, 6.07) is 10.8. The number of hydrogen-bond acceptors (Lipinski definition) is 10. The normalized spacial score (nSPS) is 19.4. The molecule has 16 heteroatoms. The maximum atomic E-state index is 12.9. The molecule has 332 valence electrons. The van der Waals surface area contributed by atoms with Crippen molar-refractivity contribution in [3.8, 4) is 17.5 Å². The molecule has 1 atom stereocenters. The highest BCUT2D eigenvalue weighted by molar-refractivity contribution is 7.86. The van der Waals surface area contributed by atoms with Crippen LogP contribution in [0.15, 0.2) is 95.7 Å². The molecule has 62 heavy (non-hydrogen) atoms. The van der Waals surface area contributed by atoms with E-state index in [1.54, 1.807) is 0 Å². The molecule has 4 heterocycles. The first-order chi connectivity index (χ1) is 28.8. The molecule has 4 N–H and O–H groups in total. The second kappa shape index (κ2) is 17.0. The van der Waals surface area contributed by atoms with Gasteiger partial charge in [-0.3, -0.25) is 9.11 Å². The highest BCUT2D eigenvalue weighted by atomic mass is 32.2. The van der Waals surface area contributed by atoms with E-state index in [9.17, 15) is 40.9 Å². The van der Waals surface area contributed by atoms with E-state index in [2.05, 4.69) is 77.7 Å². The summed E-state index contributed by atoms with van der Waals surface area (Å²) in [4.78, 5) is 20.0. The van der Waals surface area contributed by atoms with E-state index in [1.807, 2.05) is 41.9 Å². The van der Waals surface area contributed by atoms with Crippen LogP contribution in [0, 0.1) is 5.41 Å². The van der Waals surface area contributed by atoms with E-state index in [1.165, 1.54) is 23.8 Å². The number of fused-ring (bicyclic) bond motifs is 3.